The minimum Gasteiger partial charge on any atom is -0.464 e. The fourth-order valence-corrected chi connectivity index (χ4v) is 4.93. The van der Waals surface area contributed by atoms with Crippen LogP contribution >= 0.6 is 23.1 Å². The van der Waals surface area contributed by atoms with Gasteiger partial charge in [-0.1, -0.05) is 30.0 Å². The van der Waals surface area contributed by atoms with Gasteiger partial charge in [-0.3, -0.25) is 4.79 Å². The number of H-pyrrole nitrogens is 1. The van der Waals surface area contributed by atoms with Gasteiger partial charge in [0.2, 0.25) is 5.82 Å². The molecule has 0 amide bonds. The molecule has 6 nitrogen and oxygen atoms in total. The minimum absolute atomic E-state index is 0.136. The third-order valence-corrected chi connectivity index (χ3v) is 6.32. The van der Waals surface area contributed by atoms with Gasteiger partial charge >= 0.3 is 6.18 Å². The maximum Gasteiger partial charge on any atom is 0.451 e. The Morgan fingerprint density at radius 3 is 2.71 bits per heavy atom. The van der Waals surface area contributed by atoms with Gasteiger partial charge in [0.05, 0.1) is 22.9 Å². The summed E-state index contributed by atoms with van der Waals surface area (Å²) in [4.78, 5) is 27.7. The molecule has 5 aromatic rings. The lowest BCUT2D eigenvalue weighted by atomic mass is 10.2. The number of alkyl halides is 3. The number of thiophene rings is 1. The second-order valence-corrected chi connectivity index (χ2v) is 8.30. The van der Waals surface area contributed by atoms with Crippen LogP contribution in [-0.4, -0.2) is 19.9 Å². The topological polar surface area (TPSA) is 84.7 Å². The van der Waals surface area contributed by atoms with E-state index in [-0.39, 0.29) is 21.9 Å². The molecule has 1 N–H and O–H groups in total. The summed E-state index contributed by atoms with van der Waals surface area (Å²) in [5.41, 5.74) is 0.511. The van der Waals surface area contributed by atoms with E-state index < -0.39 is 12.0 Å². The molecule has 0 aliphatic rings. The van der Waals surface area contributed by atoms with Gasteiger partial charge < -0.3 is 9.40 Å². The highest BCUT2D eigenvalue weighted by atomic mass is 32.2. The van der Waals surface area contributed by atoms with Crippen molar-refractivity contribution >= 4 is 44.2 Å². The predicted molar refractivity (Wildman–Crippen MR) is 112 cm³/mol. The number of halogens is 3. The van der Waals surface area contributed by atoms with Crippen molar-refractivity contribution < 1.29 is 17.6 Å². The van der Waals surface area contributed by atoms with Crippen LogP contribution in [0.2, 0.25) is 0 Å². The molecule has 31 heavy (non-hydrogen) atoms. The molecule has 4 heterocycles. The largest absolute Gasteiger partial charge is 0.464 e. The second kappa shape index (κ2) is 7.50. The molecule has 156 valence electrons. The third-order valence-electron chi connectivity index (χ3n) is 4.45. The Balaban J connectivity index is 1.50. The van der Waals surface area contributed by atoms with E-state index in [1.165, 1.54) is 23.7 Å². The molecule has 11 heteroatoms. The fourth-order valence-electron chi connectivity index (χ4n) is 3.10. The van der Waals surface area contributed by atoms with Crippen LogP contribution in [0.15, 0.2) is 62.3 Å². The Bertz CT molecular complexity index is 1460. The van der Waals surface area contributed by atoms with Gasteiger partial charge in [0.25, 0.3) is 5.56 Å². The summed E-state index contributed by atoms with van der Waals surface area (Å²) < 4.78 is 45.0. The van der Waals surface area contributed by atoms with Crippen LogP contribution in [0.3, 0.4) is 0 Å². The van der Waals surface area contributed by atoms with E-state index in [9.17, 15) is 18.0 Å². The maximum atomic E-state index is 13.2. The number of fused-ring (bicyclic) bond motifs is 2. The number of thioether (sulfide) groups is 1. The van der Waals surface area contributed by atoms with Crippen molar-refractivity contribution in [1.29, 1.82) is 0 Å². The zero-order chi connectivity index (χ0) is 21.6. The van der Waals surface area contributed by atoms with Gasteiger partial charge in [0, 0.05) is 16.3 Å². The van der Waals surface area contributed by atoms with Gasteiger partial charge in [-0.05, 0) is 18.2 Å². The highest BCUT2D eigenvalue weighted by Gasteiger charge is 2.35. The van der Waals surface area contributed by atoms with Crippen LogP contribution in [0, 0.1) is 0 Å². The first kappa shape index (κ1) is 19.8. The van der Waals surface area contributed by atoms with E-state index in [4.69, 9.17) is 4.42 Å². The quantitative estimate of drug-likeness (QED) is 0.282. The molecule has 0 aliphatic heterocycles. The molecule has 0 saturated heterocycles. The van der Waals surface area contributed by atoms with E-state index >= 15 is 0 Å². The Morgan fingerprint density at radius 1 is 1.10 bits per heavy atom. The van der Waals surface area contributed by atoms with Crippen LogP contribution in [-0.2, 0) is 11.9 Å². The number of para-hydroxylation sites is 1. The standard InChI is InChI=1S/C20H11F3N4O2S2/c21-20(22,23)19-24-12-5-2-1-4-10(12)17(27-19)31-9-14-25-16(28)15-11(8-30-18(15)26-14)13-6-3-7-29-13/h1-8H,9H2,(H,25,26,28). The van der Waals surface area contributed by atoms with Crippen molar-refractivity contribution in [3.63, 3.8) is 0 Å². The van der Waals surface area contributed by atoms with Crippen LogP contribution in [0.5, 0.6) is 0 Å². The molecule has 1 aromatic carbocycles. The molecule has 0 bridgehead atoms. The molecule has 0 atom stereocenters. The molecule has 5 rings (SSSR count). The normalized spacial score (nSPS) is 12.1. The van der Waals surface area contributed by atoms with Crippen molar-refractivity contribution in [3.8, 4) is 11.3 Å². The minimum atomic E-state index is -4.66. The number of aromatic nitrogens is 4. The first-order valence-electron chi connectivity index (χ1n) is 8.91. The highest BCUT2D eigenvalue weighted by Crippen LogP contribution is 2.34. The third kappa shape index (κ3) is 3.70. The van der Waals surface area contributed by atoms with Crippen molar-refractivity contribution in [2.75, 3.05) is 0 Å². The number of aromatic amines is 1. The molecular weight excluding hydrogens is 449 g/mol. The van der Waals surface area contributed by atoms with E-state index in [1.54, 1.807) is 35.7 Å². The van der Waals surface area contributed by atoms with Crippen molar-refractivity contribution in [3.05, 3.63) is 70.0 Å². The SMILES string of the molecule is O=c1[nH]c(CSc2nc(C(F)(F)F)nc3ccccc23)nc2scc(-c3ccco3)c12. The summed E-state index contributed by atoms with van der Waals surface area (Å²) in [5, 5.41) is 2.87. The molecule has 0 aliphatic carbocycles. The number of nitrogens with zero attached hydrogens (tertiary/aromatic N) is 3. The maximum absolute atomic E-state index is 13.2. The lowest BCUT2D eigenvalue weighted by Crippen LogP contribution is -2.12. The lowest BCUT2D eigenvalue weighted by Gasteiger charge is -2.10. The Labute approximate surface area is 180 Å². The number of rotatable bonds is 4. The van der Waals surface area contributed by atoms with Crippen LogP contribution < -0.4 is 5.56 Å². The van der Waals surface area contributed by atoms with Crippen LogP contribution in [0.4, 0.5) is 13.2 Å². The van der Waals surface area contributed by atoms with E-state index in [0.29, 0.717) is 32.8 Å². The van der Waals surface area contributed by atoms with Gasteiger partial charge in [0.1, 0.15) is 21.4 Å². The summed E-state index contributed by atoms with van der Waals surface area (Å²) in [6.45, 7) is 0. The van der Waals surface area contributed by atoms with Gasteiger partial charge in [-0.2, -0.15) is 13.2 Å². The molecule has 0 spiro atoms. The predicted octanol–water partition coefficient (Wildman–Crippen LogP) is 5.50. The van der Waals surface area contributed by atoms with Crippen molar-refractivity contribution in [2.45, 2.75) is 17.0 Å². The van der Waals surface area contributed by atoms with Gasteiger partial charge in [-0.15, -0.1) is 11.3 Å². The number of benzene rings is 1. The number of hydrogen-bond acceptors (Lipinski definition) is 7. The second-order valence-electron chi connectivity index (χ2n) is 6.48. The average molecular weight is 460 g/mol. The average Bonchev–Trinajstić information content (AvgIpc) is 3.41. The molecule has 0 saturated carbocycles. The van der Waals surface area contributed by atoms with Crippen LogP contribution in [0.1, 0.15) is 11.6 Å². The van der Waals surface area contributed by atoms with Crippen LogP contribution in [0.25, 0.3) is 32.4 Å². The van der Waals surface area contributed by atoms with E-state index in [2.05, 4.69) is 19.9 Å². The molecule has 0 fully saturated rings. The van der Waals surface area contributed by atoms with E-state index in [1.807, 2.05) is 0 Å². The van der Waals surface area contributed by atoms with Gasteiger partial charge in [-0.25, -0.2) is 15.0 Å². The van der Waals surface area contributed by atoms with E-state index in [0.717, 1.165) is 11.8 Å². The highest BCUT2D eigenvalue weighted by molar-refractivity contribution is 7.98. The molecule has 0 unspecified atom stereocenters. The summed E-state index contributed by atoms with van der Waals surface area (Å²) in [6.07, 6.45) is -3.14. The summed E-state index contributed by atoms with van der Waals surface area (Å²) >= 11 is 2.35. The molecule has 0 radical (unpaired) electrons. The Hall–Kier alpha value is -3.18. The van der Waals surface area contributed by atoms with Crippen molar-refractivity contribution in [2.24, 2.45) is 0 Å². The summed E-state index contributed by atoms with van der Waals surface area (Å²) in [5.74, 6) is -0.163. The fraction of sp³-hybridized carbons (Fsp3) is 0.100. The summed E-state index contributed by atoms with van der Waals surface area (Å²) in [7, 11) is 0. The zero-order valence-electron chi connectivity index (χ0n) is 15.4. The first-order valence-corrected chi connectivity index (χ1v) is 10.8. The number of nitrogens with one attached hydrogen (secondary N) is 1. The molecular formula is C20H11F3N4O2S2. The Morgan fingerprint density at radius 2 is 1.94 bits per heavy atom. The number of hydrogen-bond donors (Lipinski definition) is 1. The Kier molecular flexibility index (Phi) is 4.78. The molecule has 4 aromatic heterocycles. The van der Waals surface area contributed by atoms with Crippen molar-refractivity contribution in [1.82, 2.24) is 19.9 Å². The smallest absolute Gasteiger partial charge is 0.451 e. The number of furan rings is 1. The lowest BCUT2D eigenvalue weighted by molar-refractivity contribution is -0.145. The monoisotopic (exact) mass is 460 g/mol. The zero-order valence-corrected chi connectivity index (χ0v) is 17.1. The first-order chi connectivity index (χ1) is 14.9. The van der Waals surface area contributed by atoms with Gasteiger partial charge in [0.15, 0.2) is 0 Å². The summed E-state index contributed by atoms with van der Waals surface area (Å²) in [6, 6.07) is 9.97.